The summed E-state index contributed by atoms with van der Waals surface area (Å²) in [6, 6.07) is 1.71. The number of nitrogens with one attached hydrogen (secondary N) is 1. The summed E-state index contributed by atoms with van der Waals surface area (Å²) in [6.45, 7) is 7.80. The number of rotatable bonds is 6. The molecule has 2 saturated heterocycles. The lowest BCUT2D eigenvalue weighted by Gasteiger charge is -2.41. The molecule has 178 valence electrons. The van der Waals surface area contributed by atoms with Crippen LogP contribution in [0, 0.1) is 6.92 Å². The van der Waals surface area contributed by atoms with Crippen molar-refractivity contribution in [1.29, 1.82) is 0 Å². The van der Waals surface area contributed by atoms with Crippen molar-refractivity contribution in [3.63, 3.8) is 0 Å². The second kappa shape index (κ2) is 9.18. The first-order valence-corrected chi connectivity index (χ1v) is 13.0. The van der Waals surface area contributed by atoms with Crippen LogP contribution in [0.4, 0.5) is 0 Å². The Morgan fingerprint density at radius 3 is 2.61 bits per heavy atom. The van der Waals surface area contributed by atoms with Gasteiger partial charge in [0.05, 0.1) is 23.8 Å². The fraction of sp³-hybridized carbons (Fsp3) is 0.667. The number of nitrogens with zero attached hydrogens (tertiary/aromatic N) is 5. The molecular formula is C24H34N6O2S. The summed E-state index contributed by atoms with van der Waals surface area (Å²) in [4.78, 5) is 38.4. The molecule has 1 unspecified atom stereocenters. The van der Waals surface area contributed by atoms with Crippen molar-refractivity contribution < 1.29 is 9.59 Å². The Labute approximate surface area is 199 Å². The summed E-state index contributed by atoms with van der Waals surface area (Å²) < 4.78 is 2.51. The van der Waals surface area contributed by atoms with Crippen LogP contribution in [-0.4, -0.2) is 61.3 Å². The first-order valence-electron chi connectivity index (χ1n) is 12.1. The van der Waals surface area contributed by atoms with E-state index in [0.717, 1.165) is 55.2 Å². The van der Waals surface area contributed by atoms with E-state index in [1.54, 1.807) is 25.2 Å². The van der Waals surface area contributed by atoms with Gasteiger partial charge in [0.15, 0.2) is 0 Å². The summed E-state index contributed by atoms with van der Waals surface area (Å²) in [5.41, 5.74) is 4.27. The molecule has 3 aliphatic heterocycles. The van der Waals surface area contributed by atoms with Crippen LogP contribution in [0.5, 0.6) is 0 Å². The largest absolute Gasteiger partial charge is 0.349 e. The number of hydrogen-bond donors (Lipinski definition) is 1. The minimum Gasteiger partial charge on any atom is -0.349 e. The Bertz CT molecular complexity index is 1000. The Kier molecular flexibility index (Phi) is 6.26. The molecule has 0 aliphatic carbocycles. The van der Waals surface area contributed by atoms with E-state index in [4.69, 9.17) is 4.98 Å². The molecule has 8 nitrogen and oxygen atoms in total. The number of piperidine rings is 1. The molecular weight excluding hydrogens is 436 g/mol. The van der Waals surface area contributed by atoms with Gasteiger partial charge in [-0.3, -0.25) is 19.5 Å². The lowest BCUT2D eigenvalue weighted by Crippen LogP contribution is -2.45. The molecule has 5 rings (SSSR count). The zero-order valence-corrected chi connectivity index (χ0v) is 20.6. The number of aromatic nitrogens is 3. The molecule has 0 radical (unpaired) electrons. The number of thiazole rings is 1. The van der Waals surface area contributed by atoms with Crippen LogP contribution in [-0.2, 0) is 22.6 Å². The van der Waals surface area contributed by atoms with Crippen molar-refractivity contribution in [3.8, 4) is 0 Å². The molecule has 2 bridgehead atoms. The predicted octanol–water partition coefficient (Wildman–Crippen LogP) is 2.99. The highest BCUT2D eigenvalue weighted by Gasteiger charge is 2.42. The predicted molar refractivity (Wildman–Crippen MR) is 127 cm³/mol. The van der Waals surface area contributed by atoms with Crippen molar-refractivity contribution in [2.45, 2.75) is 90.0 Å². The molecule has 33 heavy (non-hydrogen) atoms. The minimum absolute atomic E-state index is 0.0128. The molecule has 0 saturated carbocycles. The maximum atomic E-state index is 11.8. The molecule has 2 fully saturated rings. The van der Waals surface area contributed by atoms with Gasteiger partial charge in [0.25, 0.3) is 0 Å². The van der Waals surface area contributed by atoms with Crippen molar-refractivity contribution in [1.82, 2.24) is 29.7 Å². The van der Waals surface area contributed by atoms with Crippen molar-refractivity contribution in [2.24, 2.45) is 0 Å². The number of hydrogen-bond acceptors (Lipinski definition) is 6. The standard InChI is InChI=1S/C24H34N6O2S/c1-15-26-22-13-28(17(3)32)8-7-23(22)30(15)20-10-18-4-5-19(11-20)29(18)9-6-21(27-16(2)31)24-12-25-14-33-24/h12,14,18-21H,4-11,13H2,1-3H3,(H,27,31)/t18-,19+,20?,21-/m0/s1. The Morgan fingerprint density at radius 1 is 1.21 bits per heavy atom. The van der Waals surface area contributed by atoms with Crippen LogP contribution < -0.4 is 5.32 Å². The van der Waals surface area contributed by atoms with Crippen LogP contribution in [0.25, 0.3) is 0 Å². The monoisotopic (exact) mass is 470 g/mol. The molecule has 2 aromatic rings. The topological polar surface area (TPSA) is 83.4 Å². The minimum atomic E-state index is 0.0128. The van der Waals surface area contributed by atoms with Gasteiger partial charge in [-0.05, 0) is 39.0 Å². The van der Waals surface area contributed by atoms with Crippen molar-refractivity contribution >= 4 is 23.2 Å². The average Bonchev–Trinajstić information content (AvgIpc) is 3.46. The van der Waals surface area contributed by atoms with Gasteiger partial charge in [-0.1, -0.05) is 0 Å². The van der Waals surface area contributed by atoms with Gasteiger partial charge in [-0.2, -0.15) is 0 Å². The van der Waals surface area contributed by atoms with Crippen LogP contribution >= 0.6 is 11.3 Å². The van der Waals surface area contributed by atoms with Gasteiger partial charge in [0.1, 0.15) is 5.82 Å². The van der Waals surface area contributed by atoms with Crippen molar-refractivity contribution in [3.05, 3.63) is 33.8 Å². The molecule has 5 heterocycles. The zero-order valence-electron chi connectivity index (χ0n) is 19.8. The maximum Gasteiger partial charge on any atom is 0.219 e. The molecule has 2 amide bonds. The SMILES string of the molecule is CC(=O)N[C@@H](CCN1[C@@H]2CC[C@H]1CC(n1c(C)nc3c1CCN(C(C)=O)C3)C2)c1cncs1. The third-order valence-electron chi connectivity index (χ3n) is 7.75. The zero-order chi connectivity index (χ0) is 23.1. The van der Waals surface area contributed by atoms with Gasteiger partial charge in [0, 0.05) is 68.3 Å². The quantitative estimate of drug-likeness (QED) is 0.702. The Hall–Kier alpha value is -2.26. The summed E-state index contributed by atoms with van der Waals surface area (Å²) in [5, 5.41) is 3.12. The van der Waals surface area contributed by atoms with E-state index in [-0.39, 0.29) is 17.9 Å². The third kappa shape index (κ3) is 4.45. The fourth-order valence-corrected chi connectivity index (χ4v) is 7.03. The molecule has 3 aliphatic rings. The fourth-order valence-electron chi connectivity index (χ4n) is 6.32. The van der Waals surface area contributed by atoms with Crippen LogP contribution in [0.2, 0.25) is 0 Å². The summed E-state index contributed by atoms with van der Waals surface area (Å²) in [6.07, 6.45) is 8.51. The highest BCUT2D eigenvalue weighted by Crippen LogP contribution is 2.43. The van der Waals surface area contributed by atoms with E-state index >= 15 is 0 Å². The first kappa shape index (κ1) is 22.5. The molecule has 0 aromatic carbocycles. The van der Waals surface area contributed by atoms with E-state index < -0.39 is 0 Å². The molecule has 4 atom stereocenters. The molecule has 0 spiro atoms. The molecule has 1 N–H and O–H groups in total. The Morgan fingerprint density at radius 2 is 1.97 bits per heavy atom. The maximum absolute atomic E-state index is 11.8. The van der Waals surface area contributed by atoms with E-state index in [0.29, 0.717) is 24.7 Å². The van der Waals surface area contributed by atoms with E-state index in [1.165, 1.54) is 18.5 Å². The van der Waals surface area contributed by atoms with Gasteiger partial charge in [0.2, 0.25) is 11.8 Å². The lowest BCUT2D eigenvalue weighted by atomic mass is 9.95. The summed E-state index contributed by atoms with van der Waals surface area (Å²) in [5.74, 6) is 1.24. The Balaban J connectivity index is 1.27. The van der Waals surface area contributed by atoms with Crippen molar-refractivity contribution in [2.75, 3.05) is 13.1 Å². The van der Waals surface area contributed by atoms with Crippen LogP contribution in [0.1, 0.15) is 80.1 Å². The van der Waals surface area contributed by atoms with Gasteiger partial charge in [-0.25, -0.2) is 4.98 Å². The highest BCUT2D eigenvalue weighted by atomic mass is 32.1. The van der Waals surface area contributed by atoms with Gasteiger partial charge < -0.3 is 14.8 Å². The normalized spacial score (nSPS) is 25.7. The van der Waals surface area contributed by atoms with Crippen LogP contribution in [0.15, 0.2) is 11.7 Å². The lowest BCUT2D eigenvalue weighted by molar-refractivity contribution is -0.129. The van der Waals surface area contributed by atoms with Crippen LogP contribution in [0.3, 0.4) is 0 Å². The second-order valence-corrected chi connectivity index (χ2v) is 10.7. The van der Waals surface area contributed by atoms with Gasteiger partial charge in [-0.15, -0.1) is 11.3 Å². The number of carbonyl (C=O) groups is 2. The van der Waals surface area contributed by atoms with E-state index in [2.05, 4.69) is 26.7 Å². The number of amides is 2. The van der Waals surface area contributed by atoms with E-state index in [1.807, 2.05) is 16.6 Å². The number of fused-ring (bicyclic) bond motifs is 3. The number of carbonyl (C=O) groups excluding carboxylic acids is 2. The molecule has 2 aromatic heterocycles. The average molecular weight is 471 g/mol. The highest BCUT2D eigenvalue weighted by molar-refractivity contribution is 7.09. The molecule has 9 heteroatoms. The number of aryl methyl sites for hydroxylation is 1. The van der Waals surface area contributed by atoms with Gasteiger partial charge >= 0.3 is 0 Å². The summed E-state index contributed by atoms with van der Waals surface area (Å²) >= 11 is 1.61. The van der Waals surface area contributed by atoms with E-state index in [9.17, 15) is 9.59 Å². The smallest absolute Gasteiger partial charge is 0.219 e. The first-order chi connectivity index (χ1) is 15.9. The number of imidazole rings is 1. The summed E-state index contributed by atoms with van der Waals surface area (Å²) in [7, 11) is 0. The second-order valence-electron chi connectivity index (χ2n) is 9.81. The third-order valence-corrected chi connectivity index (χ3v) is 8.64.